The molecule has 5 aliphatic rings. The molecule has 4 amide bonds. The van der Waals surface area contributed by atoms with Crippen LogP contribution in [0.4, 0.5) is 20.3 Å². The van der Waals surface area contributed by atoms with Gasteiger partial charge in [0, 0.05) is 101 Å². The maximum atomic E-state index is 14.8. The molecule has 1 unspecified atom stereocenters. The van der Waals surface area contributed by atoms with E-state index in [1.807, 2.05) is 28.0 Å². The molecule has 3 fully saturated rings. The fraction of sp³-hybridized carbons (Fsp3) is 0.540. The van der Waals surface area contributed by atoms with Crippen LogP contribution in [-0.4, -0.2) is 101 Å². The van der Waals surface area contributed by atoms with Crippen molar-refractivity contribution in [1.29, 1.82) is 0 Å². The summed E-state index contributed by atoms with van der Waals surface area (Å²) in [7, 11) is 3.52. The van der Waals surface area contributed by atoms with Gasteiger partial charge in [0.05, 0.1) is 29.8 Å². The molecule has 3 aromatic heterocycles. The van der Waals surface area contributed by atoms with Gasteiger partial charge in [-0.15, -0.1) is 0 Å². The standard InChI is InChI=1S/C50H61F2N11O5/c1-31(64)60-24-15-39-38(30-60)47(61-21-6-8-32-25-36(34-28-54-57(2)29-34)37(46(51)52)26-42(32)61)56-63(39)35-13-22-59(23-14-35)44(66)10-5-16-50(17-19-53-20-18-50)27-33-7-4-9-40-45(33)58(3)49(68)62(40)41-11-12-43(65)55-48(41)67/h4,7,9,25-26,28-29,35,41,46,53H,5-6,8,10-24,27,30H2,1-3H3,(H,55,65,67). The Balaban J connectivity index is 0.836. The van der Waals surface area contributed by atoms with Gasteiger partial charge in [-0.3, -0.25) is 43.0 Å². The van der Waals surface area contributed by atoms with E-state index in [2.05, 4.69) is 31.4 Å². The fourth-order valence-electron chi connectivity index (χ4n) is 12.0. The molecule has 3 saturated heterocycles. The minimum Gasteiger partial charge on any atom is -0.343 e. The predicted molar refractivity (Wildman–Crippen MR) is 251 cm³/mol. The molecule has 2 N–H and O–H groups in total. The molecular formula is C50H61F2N11O5. The largest absolute Gasteiger partial charge is 0.343 e. The SMILES string of the molecule is CC(=O)N1CCc2c(c(N3CCCc4cc(-c5cnn(C)c5)c(C(F)F)cc43)nn2C2CCN(C(=O)CCCC3(Cc4cccc5c4n(C)c(=O)n5C4CCC(=O)NC4=O)CCNCC3)CC2)C1. The first-order chi connectivity index (χ1) is 32.8. The van der Waals surface area contributed by atoms with Crippen LogP contribution in [0, 0.1) is 5.41 Å². The molecule has 0 spiro atoms. The van der Waals surface area contributed by atoms with Crippen LogP contribution in [0.25, 0.3) is 22.2 Å². The van der Waals surface area contributed by atoms with E-state index >= 15 is 0 Å². The number of imide groups is 1. The Kier molecular flexibility index (Phi) is 12.3. The lowest BCUT2D eigenvalue weighted by atomic mass is 9.70. The van der Waals surface area contributed by atoms with E-state index in [1.165, 1.54) is 0 Å². The molecule has 0 radical (unpaired) electrons. The van der Waals surface area contributed by atoms with Crippen LogP contribution in [-0.2, 0) is 59.1 Å². The number of fused-ring (bicyclic) bond motifs is 3. The van der Waals surface area contributed by atoms with Gasteiger partial charge in [-0.1, -0.05) is 12.1 Å². The van der Waals surface area contributed by atoms with Crippen molar-refractivity contribution in [3.8, 4) is 11.1 Å². The van der Waals surface area contributed by atoms with Crippen LogP contribution in [0.15, 0.2) is 47.5 Å². The summed E-state index contributed by atoms with van der Waals surface area (Å²) in [6, 6.07) is 8.71. The number of hydrogen-bond acceptors (Lipinski definition) is 9. The van der Waals surface area contributed by atoms with E-state index in [0.29, 0.717) is 62.2 Å². The summed E-state index contributed by atoms with van der Waals surface area (Å²) in [6.45, 7) is 6.11. The lowest BCUT2D eigenvalue weighted by molar-refractivity contribution is -0.136. The number of aryl methyl sites for hydroxylation is 3. The second-order valence-corrected chi connectivity index (χ2v) is 19.8. The van der Waals surface area contributed by atoms with Crippen molar-refractivity contribution >= 4 is 46.2 Å². The topological polar surface area (TPSA) is 165 Å². The molecule has 8 heterocycles. The first-order valence-electron chi connectivity index (χ1n) is 24.4. The van der Waals surface area contributed by atoms with Gasteiger partial charge in [0.25, 0.3) is 6.43 Å². The van der Waals surface area contributed by atoms with E-state index in [9.17, 15) is 32.8 Å². The summed E-state index contributed by atoms with van der Waals surface area (Å²) in [4.78, 5) is 71.1. The normalized spacial score (nSPS) is 20.0. The van der Waals surface area contributed by atoms with Gasteiger partial charge in [-0.25, -0.2) is 13.6 Å². The number of aromatic nitrogens is 6. The number of benzene rings is 2. The van der Waals surface area contributed by atoms with Crippen LogP contribution < -0.4 is 21.2 Å². The number of piperidine rings is 3. The van der Waals surface area contributed by atoms with E-state index in [-0.39, 0.29) is 53.3 Å². The molecule has 0 bridgehead atoms. The van der Waals surface area contributed by atoms with Crippen LogP contribution in [0.3, 0.4) is 0 Å². The number of hydrogen-bond donors (Lipinski definition) is 2. The zero-order chi connectivity index (χ0) is 47.4. The number of para-hydroxylation sites is 1. The highest BCUT2D eigenvalue weighted by Gasteiger charge is 2.38. The highest BCUT2D eigenvalue weighted by atomic mass is 19.3. The Hall–Kier alpha value is -6.17. The van der Waals surface area contributed by atoms with Crippen LogP contribution in [0.5, 0.6) is 0 Å². The summed E-state index contributed by atoms with van der Waals surface area (Å²) in [6.07, 6.45) is 9.47. The summed E-state index contributed by atoms with van der Waals surface area (Å²) in [5.74, 6) is 0.0715. The summed E-state index contributed by atoms with van der Waals surface area (Å²) in [5, 5.41) is 15.5. The molecule has 360 valence electrons. The third-order valence-electron chi connectivity index (χ3n) is 15.6. The van der Waals surface area contributed by atoms with Crippen molar-refractivity contribution in [2.45, 2.75) is 115 Å². The molecule has 10 rings (SSSR count). The smallest absolute Gasteiger partial charge is 0.329 e. The molecule has 5 aliphatic heterocycles. The van der Waals surface area contributed by atoms with E-state index in [1.54, 1.807) is 53.3 Å². The Labute approximate surface area is 393 Å². The highest BCUT2D eigenvalue weighted by Crippen LogP contribution is 2.44. The summed E-state index contributed by atoms with van der Waals surface area (Å²) in [5.41, 5.74) is 7.01. The molecule has 1 atom stereocenters. The first-order valence-corrected chi connectivity index (χ1v) is 24.4. The quantitative estimate of drug-likeness (QED) is 0.156. The molecule has 0 saturated carbocycles. The number of nitrogens with zero attached hydrogens (tertiary/aromatic N) is 9. The lowest BCUT2D eigenvalue weighted by Crippen LogP contribution is -2.44. The Morgan fingerprint density at radius 1 is 0.956 bits per heavy atom. The second kappa shape index (κ2) is 18.4. The molecule has 16 nitrogen and oxygen atoms in total. The highest BCUT2D eigenvalue weighted by molar-refractivity contribution is 6.00. The molecule has 0 aliphatic carbocycles. The number of carbonyl (C=O) groups is 4. The van der Waals surface area contributed by atoms with E-state index in [4.69, 9.17) is 5.10 Å². The summed E-state index contributed by atoms with van der Waals surface area (Å²) >= 11 is 0. The Morgan fingerprint density at radius 3 is 2.47 bits per heavy atom. The van der Waals surface area contributed by atoms with Gasteiger partial charge in [0.2, 0.25) is 23.6 Å². The molecule has 2 aromatic carbocycles. The molecule has 5 aromatic rings. The number of nitrogens with one attached hydrogen (secondary N) is 2. The van der Waals surface area contributed by atoms with Gasteiger partial charge in [0.15, 0.2) is 5.82 Å². The monoisotopic (exact) mass is 933 g/mol. The van der Waals surface area contributed by atoms with Crippen molar-refractivity contribution < 1.29 is 28.0 Å². The maximum absolute atomic E-state index is 14.8. The molecule has 18 heteroatoms. The Bertz CT molecular complexity index is 2850. The second-order valence-electron chi connectivity index (χ2n) is 19.8. The van der Waals surface area contributed by atoms with Crippen molar-refractivity contribution in [2.75, 3.05) is 44.2 Å². The number of alkyl halides is 2. The summed E-state index contributed by atoms with van der Waals surface area (Å²) < 4.78 is 36.5. The van der Waals surface area contributed by atoms with Crippen molar-refractivity contribution in [3.05, 3.63) is 81.2 Å². The number of anilines is 2. The van der Waals surface area contributed by atoms with Crippen LogP contribution in [0.1, 0.15) is 118 Å². The fourth-order valence-corrected chi connectivity index (χ4v) is 12.0. The zero-order valence-electron chi connectivity index (χ0n) is 39.2. The average molecular weight is 934 g/mol. The number of likely N-dealkylation sites (tertiary alicyclic amines) is 1. The maximum Gasteiger partial charge on any atom is 0.329 e. The number of rotatable bonds is 11. The van der Waals surface area contributed by atoms with Crippen molar-refractivity contribution in [1.82, 2.24) is 49.1 Å². The number of amides is 4. The average Bonchev–Trinajstić information content (AvgIpc) is 4.01. The van der Waals surface area contributed by atoms with Gasteiger partial charge in [-0.2, -0.15) is 10.2 Å². The van der Waals surface area contributed by atoms with Crippen LogP contribution >= 0.6 is 0 Å². The van der Waals surface area contributed by atoms with Gasteiger partial charge in [0.1, 0.15) is 6.04 Å². The van der Waals surface area contributed by atoms with E-state index < -0.39 is 18.4 Å². The van der Waals surface area contributed by atoms with Crippen LogP contribution in [0.2, 0.25) is 0 Å². The van der Waals surface area contributed by atoms with Gasteiger partial charge in [-0.05, 0) is 118 Å². The minimum atomic E-state index is -2.69. The van der Waals surface area contributed by atoms with E-state index in [0.717, 1.165) is 110 Å². The number of halogens is 2. The van der Waals surface area contributed by atoms with Crippen molar-refractivity contribution in [3.63, 3.8) is 0 Å². The van der Waals surface area contributed by atoms with Gasteiger partial charge >= 0.3 is 5.69 Å². The minimum absolute atomic E-state index is 0.0153. The first kappa shape index (κ1) is 45.6. The number of imidazole rings is 1. The third kappa shape index (κ3) is 8.42. The lowest BCUT2D eigenvalue weighted by Gasteiger charge is -2.39. The number of carbonyl (C=O) groups excluding carboxylic acids is 4. The van der Waals surface area contributed by atoms with Gasteiger partial charge < -0.3 is 20.0 Å². The zero-order valence-corrected chi connectivity index (χ0v) is 39.2. The Morgan fingerprint density at radius 2 is 1.75 bits per heavy atom. The third-order valence-corrected chi connectivity index (χ3v) is 15.6. The molecule has 68 heavy (non-hydrogen) atoms. The van der Waals surface area contributed by atoms with Crippen molar-refractivity contribution in [2.24, 2.45) is 19.5 Å². The molecular weight excluding hydrogens is 873 g/mol. The predicted octanol–water partition coefficient (Wildman–Crippen LogP) is 5.79.